The van der Waals surface area contributed by atoms with Gasteiger partial charge < -0.3 is 5.73 Å². The van der Waals surface area contributed by atoms with Crippen molar-refractivity contribution in [3.63, 3.8) is 0 Å². The van der Waals surface area contributed by atoms with E-state index in [9.17, 15) is 8.42 Å². The number of fused-ring (bicyclic) bond motifs is 1. The van der Waals surface area contributed by atoms with E-state index in [-0.39, 0.29) is 0 Å². The maximum absolute atomic E-state index is 11.4. The third-order valence-corrected chi connectivity index (χ3v) is 5.35. The molecule has 1 fully saturated rings. The number of hydrogen-bond donors (Lipinski definition) is 1. The first-order valence-corrected chi connectivity index (χ1v) is 8.14. The summed E-state index contributed by atoms with van der Waals surface area (Å²) in [6, 6.07) is 0. The van der Waals surface area contributed by atoms with Crippen LogP contribution < -0.4 is 5.73 Å². The number of nitrogens with two attached hydrogens (primary N) is 1. The summed E-state index contributed by atoms with van der Waals surface area (Å²) in [4.78, 5) is 4.29. The number of anilines is 1. The van der Waals surface area contributed by atoms with Crippen LogP contribution in [0.5, 0.6) is 0 Å². The molecule has 2 aromatic heterocycles. The number of sulfone groups is 1. The van der Waals surface area contributed by atoms with Crippen LogP contribution in [0.2, 0.25) is 0 Å². The summed E-state index contributed by atoms with van der Waals surface area (Å²) >= 11 is 0. The van der Waals surface area contributed by atoms with Crippen LogP contribution in [-0.4, -0.2) is 34.5 Å². The first-order valence-electron chi connectivity index (χ1n) is 6.32. The first-order chi connectivity index (χ1) is 9.03. The zero-order valence-electron chi connectivity index (χ0n) is 10.5. The normalized spacial score (nSPS) is 19.8. The lowest BCUT2D eigenvalue weighted by Crippen LogP contribution is -2.24. The predicted molar refractivity (Wildman–Crippen MR) is 72.5 cm³/mol. The summed E-state index contributed by atoms with van der Waals surface area (Å²) in [7, 11) is -2.80. The molecule has 3 heterocycles. The largest absolute Gasteiger partial charge is 0.396 e. The molecule has 1 saturated heterocycles. The molecule has 2 aromatic rings. The summed E-state index contributed by atoms with van der Waals surface area (Å²) in [5, 5.41) is 4.23. The fraction of sp³-hybridized carbons (Fsp3) is 0.500. The smallest absolute Gasteiger partial charge is 0.158 e. The highest BCUT2D eigenvalue weighted by atomic mass is 32.2. The molecule has 0 atom stereocenters. The van der Waals surface area contributed by atoms with Crippen molar-refractivity contribution < 1.29 is 8.42 Å². The number of aromatic nitrogens is 3. The van der Waals surface area contributed by atoms with Crippen molar-refractivity contribution in [1.82, 2.24) is 14.6 Å². The third kappa shape index (κ3) is 2.56. The van der Waals surface area contributed by atoms with E-state index in [2.05, 4.69) is 10.1 Å². The Morgan fingerprint density at radius 3 is 2.79 bits per heavy atom. The third-order valence-electron chi connectivity index (χ3n) is 3.63. The van der Waals surface area contributed by atoms with E-state index in [0.29, 0.717) is 23.1 Å². The molecule has 0 amide bonds. The van der Waals surface area contributed by atoms with Crippen LogP contribution in [0.1, 0.15) is 18.4 Å². The molecule has 0 aliphatic carbocycles. The second-order valence-electron chi connectivity index (χ2n) is 5.12. The van der Waals surface area contributed by atoms with Gasteiger partial charge in [-0.15, -0.1) is 0 Å². The van der Waals surface area contributed by atoms with Gasteiger partial charge in [0.15, 0.2) is 5.65 Å². The molecule has 1 aliphatic heterocycles. The monoisotopic (exact) mass is 280 g/mol. The molecule has 0 spiro atoms. The van der Waals surface area contributed by atoms with Crippen molar-refractivity contribution in [2.24, 2.45) is 5.92 Å². The first kappa shape index (κ1) is 12.4. The second kappa shape index (κ2) is 4.48. The number of hydrogen-bond acceptors (Lipinski definition) is 5. The van der Waals surface area contributed by atoms with Crippen molar-refractivity contribution in [2.45, 2.75) is 19.3 Å². The zero-order chi connectivity index (χ0) is 13.5. The average Bonchev–Trinajstić information content (AvgIpc) is 2.74. The molecular formula is C12H16N4O2S. The Kier molecular flexibility index (Phi) is 2.93. The summed E-state index contributed by atoms with van der Waals surface area (Å²) in [5.74, 6) is 1.00. The van der Waals surface area contributed by atoms with Gasteiger partial charge in [0.2, 0.25) is 0 Å². The van der Waals surface area contributed by atoms with Crippen molar-refractivity contribution in [2.75, 3.05) is 17.2 Å². The van der Waals surface area contributed by atoms with Gasteiger partial charge >= 0.3 is 0 Å². The Bertz CT molecular complexity index is 694. The minimum absolute atomic E-state index is 0.303. The van der Waals surface area contributed by atoms with Crippen LogP contribution in [0, 0.1) is 5.92 Å². The molecule has 102 valence electrons. The molecule has 0 saturated carbocycles. The highest BCUT2D eigenvalue weighted by molar-refractivity contribution is 7.91. The molecule has 2 N–H and O–H groups in total. The SMILES string of the molecule is Nc1cnc2c(CC3CCS(=O)(=O)CC3)cnn2c1. The second-order valence-corrected chi connectivity index (χ2v) is 7.43. The van der Waals surface area contributed by atoms with Gasteiger partial charge in [0.25, 0.3) is 0 Å². The minimum atomic E-state index is -2.80. The van der Waals surface area contributed by atoms with E-state index in [1.165, 1.54) is 0 Å². The molecule has 1 aliphatic rings. The number of rotatable bonds is 2. The molecule has 3 rings (SSSR count). The highest BCUT2D eigenvalue weighted by Crippen LogP contribution is 2.24. The van der Waals surface area contributed by atoms with Crippen LogP contribution in [0.15, 0.2) is 18.6 Å². The maximum Gasteiger partial charge on any atom is 0.158 e. The van der Waals surface area contributed by atoms with Crippen molar-refractivity contribution in [1.29, 1.82) is 0 Å². The Morgan fingerprint density at radius 2 is 2.05 bits per heavy atom. The van der Waals surface area contributed by atoms with Crippen molar-refractivity contribution in [3.8, 4) is 0 Å². The maximum atomic E-state index is 11.4. The molecular weight excluding hydrogens is 264 g/mol. The van der Waals surface area contributed by atoms with E-state index >= 15 is 0 Å². The molecule has 0 aromatic carbocycles. The fourth-order valence-corrected chi connectivity index (χ4v) is 4.13. The average molecular weight is 280 g/mol. The standard InChI is InChI=1S/C12H16N4O2S/c13-11-7-14-12-10(6-15-16(12)8-11)5-9-1-3-19(17,18)4-2-9/h6-9H,1-5,13H2. The summed E-state index contributed by atoms with van der Waals surface area (Å²) in [6.07, 6.45) is 7.44. The summed E-state index contributed by atoms with van der Waals surface area (Å²) in [5.41, 5.74) is 8.10. The van der Waals surface area contributed by atoms with Crippen LogP contribution in [-0.2, 0) is 16.3 Å². The fourth-order valence-electron chi connectivity index (χ4n) is 2.54. The van der Waals surface area contributed by atoms with Crippen LogP contribution in [0.3, 0.4) is 0 Å². The van der Waals surface area contributed by atoms with Gasteiger partial charge in [0.05, 0.1) is 35.8 Å². The van der Waals surface area contributed by atoms with Crippen molar-refractivity contribution in [3.05, 3.63) is 24.2 Å². The molecule has 19 heavy (non-hydrogen) atoms. The quantitative estimate of drug-likeness (QED) is 0.873. The van der Waals surface area contributed by atoms with Gasteiger partial charge in [0, 0.05) is 5.56 Å². The van der Waals surface area contributed by atoms with E-state index in [4.69, 9.17) is 5.73 Å². The molecule has 7 heteroatoms. The Labute approximate surface area is 111 Å². The summed E-state index contributed by atoms with van der Waals surface area (Å²) < 4.78 is 24.5. The molecule has 0 unspecified atom stereocenters. The number of nitrogen functional groups attached to an aromatic ring is 1. The van der Waals surface area contributed by atoms with Crippen LogP contribution in [0.4, 0.5) is 5.69 Å². The van der Waals surface area contributed by atoms with Crippen LogP contribution in [0.25, 0.3) is 5.65 Å². The highest BCUT2D eigenvalue weighted by Gasteiger charge is 2.24. The Hall–Kier alpha value is -1.63. The van der Waals surface area contributed by atoms with Gasteiger partial charge in [-0.1, -0.05) is 0 Å². The zero-order valence-corrected chi connectivity index (χ0v) is 11.3. The van der Waals surface area contributed by atoms with Gasteiger partial charge in [-0.25, -0.2) is 17.9 Å². The van der Waals surface area contributed by atoms with Crippen molar-refractivity contribution >= 4 is 21.2 Å². The van der Waals surface area contributed by atoms with Gasteiger partial charge in [-0.05, 0) is 25.2 Å². The van der Waals surface area contributed by atoms with Gasteiger partial charge in [-0.3, -0.25) is 0 Å². The van der Waals surface area contributed by atoms with Gasteiger partial charge in [-0.2, -0.15) is 5.10 Å². The predicted octanol–water partition coefficient (Wildman–Crippen LogP) is 0.679. The molecule has 0 radical (unpaired) electrons. The lowest BCUT2D eigenvalue weighted by atomic mass is 9.95. The van der Waals surface area contributed by atoms with Gasteiger partial charge in [0.1, 0.15) is 9.84 Å². The Balaban J connectivity index is 1.79. The Morgan fingerprint density at radius 1 is 1.32 bits per heavy atom. The lowest BCUT2D eigenvalue weighted by molar-refractivity contribution is 0.463. The summed E-state index contributed by atoms with van der Waals surface area (Å²) in [6.45, 7) is 0. The van der Waals surface area contributed by atoms with Crippen LogP contribution >= 0.6 is 0 Å². The molecule has 0 bridgehead atoms. The van der Waals surface area contributed by atoms with E-state index in [0.717, 1.165) is 30.5 Å². The lowest BCUT2D eigenvalue weighted by Gasteiger charge is -2.21. The van der Waals surface area contributed by atoms with E-state index in [1.807, 2.05) is 0 Å². The topological polar surface area (TPSA) is 90.3 Å². The molecule has 6 nitrogen and oxygen atoms in total. The van der Waals surface area contributed by atoms with E-state index in [1.54, 1.807) is 23.1 Å². The van der Waals surface area contributed by atoms with E-state index < -0.39 is 9.84 Å². The minimum Gasteiger partial charge on any atom is -0.396 e. The number of nitrogens with zero attached hydrogens (tertiary/aromatic N) is 3.